The second-order valence-corrected chi connectivity index (χ2v) is 8.66. The number of aliphatic hydroxyl groups excluding tert-OH is 1. The molecule has 3 N–H and O–H groups in total. The lowest BCUT2D eigenvalue weighted by molar-refractivity contribution is -0.123. The predicted molar refractivity (Wildman–Crippen MR) is 123 cm³/mol. The van der Waals surface area contributed by atoms with Gasteiger partial charge in [0.25, 0.3) is 0 Å². The zero-order valence-corrected chi connectivity index (χ0v) is 18.5. The van der Waals surface area contributed by atoms with Crippen molar-refractivity contribution in [3.63, 3.8) is 0 Å². The molecule has 2 atom stereocenters. The lowest BCUT2D eigenvalue weighted by Crippen LogP contribution is -2.40. The number of thiazole rings is 1. The van der Waals surface area contributed by atoms with Gasteiger partial charge in [-0.15, -0.1) is 11.3 Å². The van der Waals surface area contributed by atoms with Crippen LogP contribution in [0.5, 0.6) is 5.75 Å². The van der Waals surface area contributed by atoms with E-state index in [9.17, 15) is 14.7 Å². The molecule has 0 spiro atoms. The first-order valence-electron chi connectivity index (χ1n) is 10.4. The minimum Gasteiger partial charge on any atom is -0.489 e. The lowest BCUT2D eigenvalue weighted by atomic mass is 10.1. The number of amides is 1. The van der Waals surface area contributed by atoms with Crippen LogP contribution in [0.2, 0.25) is 0 Å². The third-order valence-corrected chi connectivity index (χ3v) is 6.44. The van der Waals surface area contributed by atoms with E-state index in [2.05, 4.69) is 15.6 Å². The molecule has 32 heavy (non-hydrogen) atoms. The number of hydrogen-bond donors (Lipinski definition) is 3. The van der Waals surface area contributed by atoms with E-state index in [-0.39, 0.29) is 11.9 Å². The summed E-state index contributed by atoms with van der Waals surface area (Å²) in [5, 5.41) is 15.6. The number of benzene rings is 2. The smallest absolute Gasteiger partial charge is 0.237 e. The van der Waals surface area contributed by atoms with Crippen molar-refractivity contribution >= 4 is 23.5 Å². The molecule has 0 saturated carbocycles. The summed E-state index contributed by atoms with van der Waals surface area (Å²) in [6, 6.07) is 12.8. The molecule has 2 unspecified atom stereocenters. The molecular weight excluding hydrogens is 426 g/mol. The van der Waals surface area contributed by atoms with Crippen LogP contribution in [0.4, 0.5) is 0 Å². The SMILES string of the molecule is Cc1ncsc1-c1ccc(CNC(=O)C2CC(O)CN2)c(OCc2ccc(C=O)cc2)c1. The third-order valence-electron chi connectivity index (χ3n) is 5.46. The number of aliphatic hydroxyl groups is 1. The van der Waals surface area contributed by atoms with Crippen molar-refractivity contribution in [3.8, 4) is 16.2 Å². The van der Waals surface area contributed by atoms with Crippen molar-refractivity contribution in [2.75, 3.05) is 6.54 Å². The Kier molecular flexibility index (Phi) is 6.94. The Morgan fingerprint density at radius 2 is 2.12 bits per heavy atom. The van der Waals surface area contributed by atoms with Gasteiger partial charge in [0.1, 0.15) is 18.6 Å². The van der Waals surface area contributed by atoms with E-state index in [4.69, 9.17) is 4.74 Å². The summed E-state index contributed by atoms with van der Waals surface area (Å²) in [5.41, 5.74) is 6.19. The Bertz CT molecular complexity index is 1100. The molecule has 2 aromatic carbocycles. The highest BCUT2D eigenvalue weighted by atomic mass is 32.1. The van der Waals surface area contributed by atoms with Gasteiger partial charge in [-0.25, -0.2) is 4.98 Å². The van der Waals surface area contributed by atoms with Crippen LogP contribution >= 0.6 is 11.3 Å². The van der Waals surface area contributed by atoms with Crippen molar-refractivity contribution < 1.29 is 19.4 Å². The number of carbonyl (C=O) groups is 2. The van der Waals surface area contributed by atoms with Crippen LogP contribution in [0.1, 0.15) is 33.6 Å². The topological polar surface area (TPSA) is 101 Å². The number of aromatic nitrogens is 1. The van der Waals surface area contributed by atoms with Gasteiger partial charge in [-0.2, -0.15) is 0 Å². The monoisotopic (exact) mass is 451 g/mol. The first kappa shape index (κ1) is 22.1. The highest BCUT2D eigenvalue weighted by molar-refractivity contribution is 7.13. The largest absolute Gasteiger partial charge is 0.489 e. The Hall–Kier alpha value is -3.07. The van der Waals surface area contributed by atoms with Crippen molar-refractivity contribution in [1.82, 2.24) is 15.6 Å². The van der Waals surface area contributed by atoms with Gasteiger partial charge in [0.05, 0.1) is 28.2 Å². The molecule has 1 fully saturated rings. The molecule has 8 heteroatoms. The summed E-state index contributed by atoms with van der Waals surface area (Å²) in [4.78, 5) is 28.7. The van der Waals surface area contributed by atoms with Crippen LogP contribution in [0, 0.1) is 6.92 Å². The summed E-state index contributed by atoms with van der Waals surface area (Å²) in [6.07, 6.45) is 0.734. The maximum atomic E-state index is 12.5. The summed E-state index contributed by atoms with van der Waals surface area (Å²) in [7, 11) is 0. The third kappa shape index (κ3) is 5.21. The van der Waals surface area contributed by atoms with Gasteiger partial charge in [-0.1, -0.05) is 36.4 Å². The van der Waals surface area contributed by atoms with Gasteiger partial charge in [-0.05, 0) is 30.5 Å². The standard InChI is InChI=1S/C24H25N3O4S/c1-15-23(32-14-27-15)18-6-7-19(10-26-24(30)21-9-20(29)11-25-21)22(8-18)31-13-17-4-2-16(12-28)3-5-17/h2-8,12,14,20-21,25,29H,9-11,13H2,1H3,(H,26,30). The number of rotatable bonds is 8. The maximum Gasteiger partial charge on any atom is 0.237 e. The molecule has 1 aliphatic rings. The molecule has 0 radical (unpaired) electrons. The van der Waals surface area contributed by atoms with Crippen LogP contribution in [0.3, 0.4) is 0 Å². The second kappa shape index (κ2) is 10.0. The van der Waals surface area contributed by atoms with Crippen LogP contribution < -0.4 is 15.4 Å². The minimum absolute atomic E-state index is 0.140. The number of ether oxygens (including phenoxy) is 1. The number of nitrogens with one attached hydrogen (secondary N) is 2. The van der Waals surface area contributed by atoms with Crippen LogP contribution in [0.15, 0.2) is 48.0 Å². The molecule has 7 nitrogen and oxygen atoms in total. The van der Waals surface area contributed by atoms with Gasteiger partial charge in [0.15, 0.2) is 0 Å². The molecule has 0 bridgehead atoms. The van der Waals surface area contributed by atoms with E-state index in [0.29, 0.717) is 37.4 Å². The Morgan fingerprint density at radius 3 is 2.78 bits per heavy atom. The first-order chi connectivity index (χ1) is 15.5. The zero-order chi connectivity index (χ0) is 22.5. The molecule has 3 aromatic rings. The summed E-state index contributed by atoms with van der Waals surface area (Å²) in [6.45, 7) is 3.05. The number of aldehydes is 1. The van der Waals surface area contributed by atoms with Crippen LogP contribution in [0.25, 0.3) is 10.4 Å². The van der Waals surface area contributed by atoms with Crippen LogP contribution in [-0.2, 0) is 17.9 Å². The first-order valence-corrected chi connectivity index (χ1v) is 11.3. The van der Waals surface area contributed by atoms with Crippen molar-refractivity contribution in [2.24, 2.45) is 0 Å². The Balaban J connectivity index is 1.51. The van der Waals surface area contributed by atoms with Crippen molar-refractivity contribution in [3.05, 3.63) is 70.4 Å². The van der Waals surface area contributed by atoms with Crippen molar-refractivity contribution in [2.45, 2.75) is 38.6 Å². The fourth-order valence-corrected chi connectivity index (χ4v) is 4.43. The molecule has 4 rings (SSSR count). The summed E-state index contributed by atoms with van der Waals surface area (Å²) < 4.78 is 6.14. The predicted octanol–water partition coefficient (Wildman–Crippen LogP) is 2.85. The van der Waals surface area contributed by atoms with Gasteiger partial charge in [0, 0.05) is 24.2 Å². The summed E-state index contributed by atoms with van der Waals surface area (Å²) >= 11 is 1.57. The zero-order valence-electron chi connectivity index (χ0n) is 17.7. The van der Waals surface area contributed by atoms with E-state index < -0.39 is 6.10 Å². The van der Waals surface area contributed by atoms with E-state index in [0.717, 1.165) is 33.5 Å². The fourth-order valence-electron chi connectivity index (χ4n) is 3.63. The van der Waals surface area contributed by atoms with Gasteiger partial charge in [0.2, 0.25) is 5.91 Å². The number of aryl methyl sites for hydroxylation is 1. The molecule has 166 valence electrons. The highest BCUT2D eigenvalue weighted by Gasteiger charge is 2.27. The van der Waals surface area contributed by atoms with Gasteiger partial charge < -0.3 is 20.5 Å². The number of β-amino-alcohol motifs (C(OH)–C–C–N with tert-alkyl or cyclic N) is 1. The van der Waals surface area contributed by atoms with Gasteiger partial charge >= 0.3 is 0 Å². The van der Waals surface area contributed by atoms with E-state index >= 15 is 0 Å². The molecule has 1 amide bonds. The lowest BCUT2D eigenvalue weighted by Gasteiger charge is -2.16. The molecule has 1 aliphatic heterocycles. The minimum atomic E-state index is -0.489. The van der Waals surface area contributed by atoms with Gasteiger partial charge in [-0.3, -0.25) is 9.59 Å². The van der Waals surface area contributed by atoms with E-state index in [1.165, 1.54) is 0 Å². The quantitative estimate of drug-likeness (QED) is 0.456. The average Bonchev–Trinajstić information content (AvgIpc) is 3.44. The second-order valence-electron chi connectivity index (χ2n) is 7.81. The Labute approximate surface area is 190 Å². The molecule has 1 saturated heterocycles. The summed E-state index contributed by atoms with van der Waals surface area (Å²) in [5.74, 6) is 0.536. The molecule has 0 aliphatic carbocycles. The van der Waals surface area contributed by atoms with E-state index in [1.807, 2.05) is 42.8 Å². The molecule has 1 aromatic heterocycles. The fraction of sp³-hybridized carbons (Fsp3) is 0.292. The molecule has 2 heterocycles. The number of carbonyl (C=O) groups excluding carboxylic acids is 2. The number of hydrogen-bond acceptors (Lipinski definition) is 7. The van der Waals surface area contributed by atoms with E-state index in [1.54, 1.807) is 23.5 Å². The van der Waals surface area contributed by atoms with Crippen molar-refractivity contribution in [1.29, 1.82) is 0 Å². The Morgan fingerprint density at radius 1 is 1.31 bits per heavy atom. The molecular formula is C24H25N3O4S. The number of nitrogens with zero attached hydrogens (tertiary/aromatic N) is 1. The highest BCUT2D eigenvalue weighted by Crippen LogP contribution is 2.32. The van der Waals surface area contributed by atoms with Crippen LogP contribution in [-0.4, -0.2) is 41.0 Å². The maximum absolute atomic E-state index is 12.5. The average molecular weight is 452 g/mol. The normalized spacial score (nSPS) is 17.8.